The van der Waals surface area contributed by atoms with Crippen molar-refractivity contribution in [2.24, 2.45) is 0 Å². The third-order valence-corrected chi connectivity index (χ3v) is 3.74. The third kappa shape index (κ3) is 5.59. The summed E-state index contributed by atoms with van der Waals surface area (Å²) in [4.78, 5) is 5.75. The van der Waals surface area contributed by atoms with Gasteiger partial charge in [-0.2, -0.15) is 0 Å². The summed E-state index contributed by atoms with van der Waals surface area (Å²) < 4.78 is 10.3. The molecule has 4 nitrogen and oxygen atoms in total. The van der Waals surface area contributed by atoms with Crippen LogP contribution in [-0.4, -0.2) is 38.5 Å². The topological polar surface area (TPSA) is 43.4 Å². The Morgan fingerprint density at radius 1 is 1.41 bits per heavy atom. The van der Waals surface area contributed by atoms with Crippen LogP contribution in [-0.2, 0) is 15.9 Å². The summed E-state index contributed by atoms with van der Waals surface area (Å²) in [5, 5.41) is 4.55. The smallest absolute Gasteiger partial charge is 0.109 e. The van der Waals surface area contributed by atoms with Gasteiger partial charge in [0.2, 0.25) is 0 Å². The summed E-state index contributed by atoms with van der Waals surface area (Å²) in [7, 11) is 1.68. The van der Waals surface area contributed by atoms with Crippen molar-refractivity contribution in [3.05, 3.63) is 16.1 Å². The van der Waals surface area contributed by atoms with Crippen LogP contribution in [0, 0.1) is 0 Å². The van der Waals surface area contributed by atoms with Gasteiger partial charge in [0, 0.05) is 24.7 Å². The van der Waals surface area contributed by atoms with Crippen molar-refractivity contribution in [3.8, 4) is 0 Å². The monoisotopic (exact) mass is 258 g/mol. The Balaban J connectivity index is 2.14. The van der Waals surface area contributed by atoms with Crippen LogP contribution in [0.1, 0.15) is 29.8 Å². The molecule has 98 valence electrons. The van der Waals surface area contributed by atoms with Crippen molar-refractivity contribution in [1.29, 1.82) is 0 Å². The minimum Gasteiger partial charge on any atom is -0.382 e. The second-order valence-corrected chi connectivity index (χ2v) is 4.95. The van der Waals surface area contributed by atoms with Gasteiger partial charge in [-0.25, -0.2) is 4.98 Å². The number of aryl methyl sites for hydroxylation is 1. The van der Waals surface area contributed by atoms with E-state index >= 15 is 0 Å². The lowest BCUT2D eigenvalue weighted by Crippen LogP contribution is -2.23. The van der Waals surface area contributed by atoms with E-state index in [1.807, 2.05) is 6.20 Å². The average molecular weight is 258 g/mol. The second kappa shape index (κ2) is 8.58. The number of thiazole rings is 1. The molecule has 1 aromatic rings. The molecule has 1 atom stereocenters. The van der Waals surface area contributed by atoms with Crippen LogP contribution >= 0.6 is 11.3 Å². The highest BCUT2D eigenvalue weighted by Crippen LogP contribution is 2.19. The molecule has 0 bridgehead atoms. The Labute approximate surface area is 107 Å². The minimum atomic E-state index is 0.298. The first-order chi connectivity index (χ1) is 8.27. The number of hydrogen-bond donors (Lipinski definition) is 1. The van der Waals surface area contributed by atoms with Gasteiger partial charge >= 0.3 is 0 Å². The van der Waals surface area contributed by atoms with Crippen LogP contribution in [0.15, 0.2) is 6.20 Å². The van der Waals surface area contributed by atoms with E-state index in [2.05, 4.69) is 24.1 Å². The maximum Gasteiger partial charge on any atom is 0.109 e. The molecule has 0 aliphatic carbocycles. The molecule has 0 aromatic carbocycles. The summed E-state index contributed by atoms with van der Waals surface area (Å²) in [5.74, 6) is 0. The summed E-state index contributed by atoms with van der Waals surface area (Å²) in [5.41, 5.74) is 0. The van der Waals surface area contributed by atoms with E-state index in [1.54, 1.807) is 18.4 Å². The molecule has 1 unspecified atom stereocenters. The van der Waals surface area contributed by atoms with Crippen molar-refractivity contribution < 1.29 is 9.47 Å². The summed E-state index contributed by atoms with van der Waals surface area (Å²) in [6.45, 7) is 7.14. The van der Waals surface area contributed by atoms with Gasteiger partial charge in [0.1, 0.15) is 5.01 Å². The molecule has 0 saturated heterocycles. The molecule has 0 aliphatic heterocycles. The molecule has 1 rings (SSSR count). The Morgan fingerprint density at radius 2 is 2.24 bits per heavy atom. The standard InChI is InChI=1S/C12H22N2O2S/c1-4-11-9-14-12(17-11)10(2)13-5-6-16-8-7-15-3/h9-10,13H,4-8H2,1-3H3. The molecule has 1 heterocycles. The van der Waals surface area contributed by atoms with Crippen LogP contribution in [0.3, 0.4) is 0 Å². The van der Waals surface area contributed by atoms with Crippen LogP contribution < -0.4 is 5.32 Å². The van der Waals surface area contributed by atoms with Crippen molar-refractivity contribution in [2.45, 2.75) is 26.3 Å². The first kappa shape index (κ1) is 14.6. The zero-order chi connectivity index (χ0) is 12.5. The van der Waals surface area contributed by atoms with Gasteiger partial charge in [0.05, 0.1) is 25.9 Å². The highest BCUT2D eigenvalue weighted by molar-refractivity contribution is 7.11. The van der Waals surface area contributed by atoms with Gasteiger partial charge in [-0.1, -0.05) is 6.92 Å². The summed E-state index contributed by atoms with van der Waals surface area (Å²) >= 11 is 1.78. The molecular weight excluding hydrogens is 236 g/mol. The minimum absolute atomic E-state index is 0.298. The number of rotatable bonds is 9. The molecule has 0 fully saturated rings. The molecule has 0 saturated carbocycles. The number of methoxy groups -OCH3 is 1. The van der Waals surface area contributed by atoms with E-state index in [4.69, 9.17) is 9.47 Å². The normalized spacial score (nSPS) is 12.9. The van der Waals surface area contributed by atoms with E-state index in [0.29, 0.717) is 25.9 Å². The Morgan fingerprint density at radius 3 is 2.88 bits per heavy atom. The fourth-order valence-electron chi connectivity index (χ4n) is 1.37. The predicted molar refractivity (Wildman–Crippen MR) is 70.6 cm³/mol. The molecule has 0 amide bonds. The highest BCUT2D eigenvalue weighted by Gasteiger charge is 2.08. The number of hydrogen-bond acceptors (Lipinski definition) is 5. The highest BCUT2D eigenvalue weighted by atomic mass is 32.1. The quantitative estimate of drug-likeness (QED) is 0.688. The lowest BCUT2D eigenvalue weighted by Gasteiger charge is -2.11. The van der Waals surface area contributed by atoms with Gasteiger partial charge in [-0.05, 0) is 13.3 Å². The zero-order valence-corrected chi connectivity index (χ0v) is 11.7. The first-order valence-corrected chi connectivity index (χ1v) is 6.84. The molecule has 5 heteroatoms. The van der Waals surface area contributed by atoms with Crippen molar-refractivity contribution in [3.63, 3.8) is 0 Å². The van der Waals surface area contributed by atoms with Crippen LogP contribution in [0.4, 0.5) is 0 Å². The van der Waals surface area contributed by atoms with Gasteiger partial charge in [-0.15, -0.1) is 11.3 Å². The molecule has 0 radical (unpaired) electrons. The second-order valence-electron chi connectivity index (χ2n) is 3.80. The van der Waals surface area contributed by atoms with Crippen LogP contribution in [0.2, 0.25) is 0 Å². The molecule has 0 spiro atoms. The summed E-state index contributed by atoms with van der Waals surface area (Å²) in [6, 6.07) is 0.298. The van der Waals surface area contributed by atoms with Gasteiger partial charge in [0.25, 0.3) is 0 Å². The van der Waals surface area contributed by atoms with Crippen LogP contribution in [0.25, 0.3) is 0 Å². The largest absolute Gasteiger partial charge is 0.382 e. The number of aromatic nitrogens is 1. The van der Waals surface area contributed by atoms with Crippen molar-refractivity contribution >= 4 is 11.3 Å². The van der Waals surface area contributed by atoms with E-state index < -0.39 is 0 Å². The maximum atomic E-state index is 5.38. The van der Waals surface area contributed by atoms with Gasteiger partial charge < -0.3 is 14.8 Å². The Kier molecular flexibility index (Phi) is 7.35. The zero-order valence-electron chi connectivity index (χ0n) is 10.9. The maximum absolute atomic E-state index is 5.38. The van der Waals surface area contributed by atoms with Gasteiger partial charge in [0.15, 0.2) is 0 Å². The number of ether oxygens (including phenoxy) is 2. The lowest BCUT2D eigenvalue weighted by molar-refractivity contribution is 0.0712. The molecule has 0 aliphatic rings. The summed E-state index contributed by atoms with van der Waals surface area (Å²) in [6.07, 6.45) is 3.03. The van der Waals surface area contributed by atoms with E-state index in [1.165, 1.54) is 4.88 Å². The van der Waals surface area contributed by atoms with Crippen molar-refractivity contribution in [1.82, 2.24) is 10.3 Å². The van der Waals surface area contributed by atoms with E-state index in [9.17, 15) is 0 Å². The van der Waals surface area contributed by atoms with Crippen molar-refractivity contribution in [2.75, 3.05) is 33.5 Å². The Hall–Kier alpha value is -0.490. The van der Waals surface area contributed by atoms with Gasteiger partial charge in [-0.3, -0.25) is 0 Å². The molecular formula is C12H22N2O2S. The third-order valence-electron chi connectivity index (χ3n) is 2.42. The lowest BCUT2D eigenvalue weighted by atomic mass is 10.3. The van der Waals surface area contributed by atoms with Crippen LogP contribution in [0.5, 0.6) is 0 Å². The number of nitrogens with one attached hydrogen (secondary N) is 1. The predicted octanol–water partition coefficient (Wildman–Crippen LogP) is 2.02. The average Bonchev–Trinajstić information content (AvgIpc) is 2.82. The fourth-order valence-corrected chi connectivity index (χ4v) is 2.25. The molecule has 17 heavy (non-hydrogen) atoms. The molecule has 1 aromatic heterocycles. The first-order valence-electron chi connectivity index (χ1n) is 6.02. The fraction of sp³-hybridized carbons (Fsp3) is 0.750. The van der Waals surface area contributed by atoms with E-state index in [-0.39, 0.29) is 0 Å². The SMILES string of the molecule is CCc1cnc(C(C)NCCOCCOC)s1. The van der Waals surface area contributed by atoms with E-state index in [0.717, 1.165) is 18.0 Å². The Bertz CT molecular complexity index is 304. The molecule has 1 N–H and O–H groups in total. The number of nitrogens with zero attached hydrogens (tertiary/aromatic N) is 1.